The monoisotopic (exact) mass is 443 g/mol. The molecular formula is C24H37N3O3Si. The maximum Gasteiger partial charge on any atom is 0.210 e. The van der Waals surface area contributed by atoms with Crippen molar-refractivity contribution in [2.45, 2.75) is 65.8 Å². The molecule has 31 heavy (non-hydrogen) atoms. The smallest absolute Gasteiger partial charge is 0.210 e. The van der Waals surface area contributed by atoms with Crippen LogP contribution in [0.2, 0.25) is 19.6 Å². The zero-order chi connectivity index (χ0) is 22.8. The maximum atomic E-state index is 6.00. The Bertz CT molecular complexity index is 972. The molecule has 3 rings (SSSR count). The van der Waals surface area contributed by atoms with Gasteiger partial charge in [-0.3, -0.25) is 0 Å². The van der Waals surface area contributed by atoms with Crippen molar-refractivity contribution in [2.75, 3.05) is 20.3 Å². The van der Waals surface area contributed by atoms with Gasteiger partial charge >= 0.3 is 0 Å². The van der Waals surface area contributed by atoms with Crippen LogP contribution in [0, 0.1) is 5.92 Å². The lowest BCUT2D eigenvalue weighted by atomic mass is 10.00. The molecule has 1 aliphatic rings. The van der Waals surface area contributed by atoms with E-state index in [0.717, 1.165) is 17.2 Å². The van der Waals surface area contributed by atoms with Crippen molar-refractivity contribution in [3.8, 4) is 5.75 Å². The van der Waals surface area contributed by atoms with Crippen LogP contribution in [0.1, 0.15) is 33.3 Å². The quantitative estimate of drug-likeness (QED) is 0.639. The zero-order valence-electron chi connectivity index (χ0n) is 20.2. The van der Waals surface area contributed by atoms with Gasteiger partial charge in [-0.25, -0.2) is 9.98 Å². The van der Waals surface area contributed by atoms with Gasteiger partial charge in [-0.15, -0.1) is 0 Å². The predicted molar refractivity (Wildman–Crippen MR) is 132 cm³/mol. The minimum Gasteiger partial charge on any atom is -0.497 e. The third kappa shape index (κ3) is 4.97. The molecular weight excluding hydrogens is 406 g/mol. The van der Waals surface area contributed by atoms with Crippen molar-refractivity contribution >= 4 is 36.1 Å². The third-order valence-corrected chi connectivity index (χ3v) is 7.49. The van der Waals surface area contributed by atoms with Crippen molar-refractivity contribution < 1.29 is 14.2 Å². The fourth-order valence-electron chi connectivity index (χ4n) is 4.08. The molecule has 2 aromatic rings. The van der Waals surface area contributed by atoms with Crippen LogP contribution in [-0.2, 0) is 15.9 Å². The molecule has 1 aromatic carbocycles. The van der Waals surface area contributed by atoms with Gasteiger partial charge in [0.25, 0.3) is 0 Å². The third-order valence-electron chi connectivity index (χ3n) is 5.56. The van der Waals surface area contributed by atoms with Crippen LogP contribution < -0.4 is 10.1 Å². The Hall–Kier alpha value is -2.28. The van der Waals surface area contributed by atoms with E-state index in [9.17, 15) is 0 Å². The summed E-state index contributed by atoms with van der Waals surface area (Å²) in [5.41, 5.74) is 2.42. The number of fused-ring (bicyclic) bond motifs is 1. The van der Waals surface area contributed by atoms with E-state index in [0.29, 0.717) is 25.5 Å². The second kappa shape index (κ2) is 9.47. The second-order valence-corrected chi connectivity index (χ2v) is 14.3. The normalized spacial score (nSPS) is 19.4. The molecule has 2 heterocycles. The van der Waals surface area contributed by atoms with Crippen LogP contribution in [0.4, 0.5) is 0 Å². The van der Waals surface area contributed by atoms with E-state index >= 15 is 0 Å². The molecule has 0 unspecified atom stereocenters. The Kier molecular flexibility index (Phi) is 7.14. The van der Waals surface area contributed by atoms with E-state index in [1.807, 2.05) is 19.9 Å². The number of rotatable bonds is 7. The van der Waals surface area contributed by atoms with Gasteiger partial charge in [-0.05, 0) is 43.5 Å². The summed E-state index contributed by atoms with van der Waals surface area (Å²) >= 11 is 0. The highest BCUT2D eigenvalue weighted by Gasteiger charge is 2.34. The molecule has 7 heteroatoms. The van der Waals surface area contributed by atoms with Crippen molar-refractivity contribution in [3.63, 3.8) is 0 Å². The first-order chi connectivity index (χ1) is 14.7. The first kappa shape index (κ1) is 23.4. The molecule has 0 saturated carbocycles. The Balaban J connectivity index is 2.11. The molecule has 0 spiro atoms. The molecule has 1 N–H and O–H groups in total. The number of nitrogens with one attached hydrogen (secondary N) is 1. The largest absolute Gasteiger partial charge is 0.497 e. The summed E-state index contributed by atoms with van der Waals surface area (Å²) in [6.07, 6.45) is 0.715. The second-order valence-electron chi connectivity index (χ2n) is 9.35. The zero-order valence-corrected chi connectivity index (χ0v) is 21.2. The fourth-order valence-corrected chi connectivity index (χ4v) is 5.73. The lowest BCUT2D eigenvalue weighted by molar-refractivity contribution is 0.276. The summed E-state index contributed by atoms with van der Waals surface area (Å²) in [6, 6.07) is 5.93. The van der Waals surface area contributed by atoms with Crippen LogP contribution in [0.25, 0.3) is 10.9 Å². The van der Waals surface area contributed by atoms with Gasteiger partial charge in [-0.1, -0.05) is 33.5 Å². The first-order valence-electron chi connectivity index (χ1n) is 11.3. The van der Waals surface area contributed by atoms with E-state index < -0.39 is 8.07 Å². The standard InChI is InChI=1S/C24H37N3O3Si/c1-9-29-22-20(25-23(30-10-2)21(27-22)15(3)4)14-18-17-13-16(28-5)11-12-19(17)26-24(18)31(6,7)8/h11-13,15,20-21,26H,9-10,14H2,1-8H3/t20-,21+/m1/s1. The minimum absolute atomic E-state index is 0.0997. The summed E-state index contributed by atoms with van der Waals surface area (Å²) in [7, 11) is 0.0730. The SMILES string of the molecule is CCOC1=N[C@H](Cc2c([Si](C)(C)C)[nH]c3ccc(OC)cc23)C(OCC)=N[C@H]1C(C)C. The van der Waals surface area contributed by atoms with Gasteiger partial charge < -0.3 is 19.2 Å². The summed E-state index contributed by atoms with van der Waals surface area (Å²) in [5, 5.41) is 2.53. The highest BCUT2D eigenvalue weighted by molar-refractivity contribution is 6.88. The van der Waals surface area contributed by atoms with Crippen LogP contribution in [-0.4, -0.2) is 57.3 Å². The van der Waals surface area contributed by atoms with Gasteiger partial charge in [0.05, 0.1) is 28.4 Å². The van der Waals surface area contributed by atoms with Gasteiger partial charge in [0.15, 0.2) is 0 Å². The summed E-state index contributed by atoms with van der Waals surface area (Å²) in [4.78, 5) is 13.7. The summed E-state index contributed by atoms with van der Waals surface area (Å²) < 4.78 is 17.4. The number of ether oxygens (including phenoxy) is 3. The Morgan fingerprint density at radius 3 is 2.29 bits per heavy atom. The van der Waals surface area contributed by atoms with Crippen LogP contribution in [0.15, 0.2) is 28.2 Å². The molecule has 1 aliphatic heterocycles. The highest BCUT2D eigenvalue weighted by atomic mass is 28.3. The number of H-pyrrole nitrogens is 1. The average Bonchev–Trinajstić information content (AvgIpc) is 3.08. The Morgan fingerprint density at radius 2 is 1.71 bits per heavy atom. The number of aromatic amines is 1. The van der Waals surface area contributed by atoms with E-state index in [1.54, 1.807) is 7.11 Å². The van der Waals surface area contributed by atoms with Gasteiger partial charge in [0.1, 0.15) is 17.8 Å². The molecule has 2 atom stereocenters. The molecule has 0 radical (unpaired) electrons. The maximum absolute atomic E-state index is 6.00. The van der Waals surface area contributed by atoms with Crippen LogP contribution in [0.3, 0.4) is 0 Å². The molecule has 1 aromatic heterocycles. The van der Waals surface area contributed by atoms with Gasteiger partial charge in [0.2, 0.25) is 11.8 Å². The summed E-state index contributed by atoms with van der Waals surface area (Å²) in [6.45, 7) is 16.5. The minimum atomic E-state index is -1.63. The number of methoxy groups -OCH3 is 1. The van der Waals surface area contributed by atoms with Crippen molar-refractivity contribution in [1.29, 1.82) is 0 Å². The van der Waals surface area contributed by atoms with Gasteiger partial charge in [-0.2, -0.15) is 0 Å². The lowest BCUT2D eigenvalue weighted by Gasteiger charge is -2.29. The predicted octanol–water partition coefficient (Wildman–Crippen LogP) is 4.54. The Labute approximate surface area is 187 Å². The average molecular weight is 444 g/mol. The van der Waals surface area contributed by atoms with E-state index in [-0.39, 0.29) is 18.0 Å². The number of hydrogen-bond donors (Lipinski definition) is 1. The molecule has 0 saturated heterocycles. The number of hydrogen-bond acceptors (Lipinski definition) is 5. The number of benzene rings is 1. The molecule has 170 valence electrons. The lowest BCUT2D eigenvalue weighted by Crippen LogP contribution is -2.43. The van der Waals surface area contributed by atoms with Crippen LogP contribution in [0.5, 0.6) is 5.75 Å². The number of nitrogens with zero attached hydrogens (tertiary/aromatic N) is 2. The molecule has 6 nitrogen and oxygen atoms in total. The molecule has 0 amide bonds. The number of aliphatic imine (C=N–C) groups is 2. The first-order valence-corrected chi connectivity index (χ1v) is 14.8. The number of aromatic nitrogens is 1. The van der Waals surface area contributed by atoms with Gasteiger partial charge in [0, 0.05) is 22.6 Å². The highest BCUT2D eigenvalue weighted by Crippen LogP contribution is 2.28. The molecule has 0 bridgehead atoms. The van der Waals surface area contributed by atoms with Crippen molar-refractivity contribution in [2.24, 2.45) is 15.9 Å². The van der Waals surface area contributed by atoms with E-state index in [1.165, 1.54) is 16.3 Å². The molecule has 0 fully saturated rings. The summed E-state index contributed by atoms with van der Waals surface area (Å²) in [5.74, 6) is 2.58. The van der Waals surface area contributed by atoms with Crippen molar-refractivity contribution in [3.05, 3.63) is 23.8 Å². The van der Waals surface area contributed by atoms with Crippen molar-refractivity contribution in [1.82, 2.24) is 4.98 Å². The Morgan fingerprint density at radius 1 is 1.03 bits per heavy atom. The molecule has 0 aliphatic carbocycles. The van der Waals surface area contributed by atoms with Crippen LogP contribution >= 0.6 is 0 Å². The fraction of sp³-hybridized carbons (Fsp3) is 0.583. The topological polar surface area (TPSA) is 68.2 Å². The van der Waals surface area contributed by atoms with E-state index in [2.05, 4.69) is 50.6 Å². The van der Waals surface area contributed by atoms with E-state index in [4.69, 9.17) is 24.2 Å².